The maximum absolute atomic E-state index is 5.88. The minimum Gasteiger partial charge on any atom is -0.458 e. The van der Waals surface area contributed by atoms with Crippen LogP contribution in [0.2, 0.25) is 0 Å². The molecule has 0 radical (unpaired) electrons. The summed E-state index contributed by atoms with van der Waals surface area (Å²) in [6.07, 6.45) is 0. The van der Waals surface area contributed by atoms with Gasteiger partial charge in [-0.05, 0) is 37.6 Å². The Morgan fingerprint density at radius 2 is 1.58 bits per heavy atom. The lowest BCUT2D eigenvalue weighted by Crippen LogP contribution is -2.07. The molecule has 0 unspecified atom stereocenters. The summed E-state index contributed by atoms with van der Waals surface area (Å²) < 4.78 is 11.2. The molecule has 0 amide bonds. The molecule has 2 rings (SSSR count). The highest BCUT2D eigenvalue weighted by atomic mass is 35.5. The predicted octanol–water partition coefficient (Wildman–Crippen LogP) is 4.46. The summed E-state index contributed by atoms with van der Waals surface area (Å²) in [6, 6.07) is 13.8. The van der Waals surface area contributed by atoms with Crippen LogP contribution in [0.5, 0.6) is 11.5 Å². The van der Waals surface area contributed by atoms with Gasteiger partial charge in [0, 0.05) is 5.56 Å². The van der Waals surface area contributed by atoms with E-state index < -0.39 is 0 Å². The van der Waals surface area contributed by atoms with E-state index >= 15 is 0 Å². The standard InChI is InChI=1S/C16H17ClO2/c1-12-4-7-15(8-5-12)18-11-19-16-9-13(2)3-6-14(16)10-17/h3-9H,10-11H2,1-2H3. The maximum atomic E-state index is 5.88. The molecule has 0 saturated carbocycles. The van der Waals surface area contributed by atoms with Gasteiger partial charge >= 0.3 is 0 Å². The van der Waals surface area contributed by atoms with Gasteiger partial charge in [0.15, 0.2) is 0 Å². The molecule has 0 heterocycles. The van der Waals surface area contributed by atoms with Gasteiger partial charge in [-0.3, -0.25) is 0 Å². The summed E-state index contributed by atoms with van der Waals surface area (Å²) in [5.74, 6) is 2.01. The molecule has 0 atom stereocenters. The lowest BCUT2D eigenvalue weighted by molar-refractivity contribution is 0.119. The second-order valence-corrected chi connectivity index (χ2v) is 4.73. The van der Waals surface area contributed by atoms with E-state index in [4.69, 9.17) is 21.1 Å². The average molecular weight is 277 g/mol. The molecule has 0 spiro atoms. The molecule has 100 valence electrons. The minimum absolute atomic E-state index is 0.177. The Balaban J connectivity index is 1.95. The molecule has 0 aliphatic carbocycles. The summed E-state index contributed by atoms with van der Waals surface area (Å²) >= 11 is 5.88. The number of aryl methyl sites for hydroxylation is 2. The summed E-state index contributed by atoms with van der Waals surface area (Å²) in [5, 5.41) is 0. The van der Waals surface area contributed by atoms with Crippen molar-refractivity contribution < 1.29 is 9.47 Å². The smallest absolute Gasteiger partial charge is 0.230 e. The first kappa shape index (κ1) is 13.8. The van der Waals surface area contributed by atoms with Crippen LogP contribution in [-0.2, 0) is 5.88 Å². The molecule has 0 N–H and O–H groups in total. The van der Waals surface area contributed by atoms with Crippen molar-refractivity contribution in [1.82, 2.24) is 0 Å². The molecule has 2 nitrogen and oxygen atoms in total. The first-order chi connectivity index (χ1) is 9.19. The Morgan fingerprint density at radius 3 is 2.26 bits per heavy atom. The van der Waals surface area contributed by atoms with Crippen molar-refractivity contribution in [1.29, 1.82) is 0 Å². The second kappa shape index (κ2) is 6.48. The van der Waals surface area contributed by atoms with Crippen LogP contribution >= 0.6 is 11.6 Å². The zero-order valence-corrected chi connectivity index (χ0v) is 11.9. The largest absolute Gasteiger partial charge is 0.458 e. The third-order valence-corrected chi connectivity index (χ3v) is 3.12. The van der Waals surface area contributed by atoms with Crippen LogP contribution in [0, 0.1) is 13.8 Å². The third-order valence-electron chi connectivity index (χ3n) is 2.83. The summed E-state index contributed by atoms with van der Waals surface area (Å²) in [4.78, 5) is 0. The fourth-order valence-electron chi connectivity index (χ4n) is 1.70. The van der Waals surface area contributed by atoms with Gasteiger partial charge in [0.2, 0.25) is 6.79 Å². The monoisotopic (exact) mass is 276 g/mol. The normalized spacial score (nSPS) is 10.3. The first-order valence-electron chi connectivity index (χ1n) is 6.17. The Morgan fingerprint density at radius 1 is 0.895 bits per heavy atom. The van der Waals surface area contributed by atoms with E-state index in [1.54, 1.807) is 0 Å². The molecular formula is C16H17ClO2. The summed E-state index contributed by atoms with van der Waals surface area (Å²) in [7, 11) is 0. The number of hydrogen-bond acceptors (Lipinski definition) is 2. The van der Waals surface area contributed by atoms with Crippen molar-refractivity contribution in [3.05, 3.63) is 59.2 Å². The first-order valence-corrected chi connectivity index (χ1v) is 6.70. The van der Waals surface area contributed by atoms with E-state index in [2.05, 4.69) is 0 Å². The fourth-order valence-corrected chi connectivity index (χ4v) is 1.92. The van der Waals surface area contributed by atoms with Crippen LogP contribution in [0.3, 0.4) is 0 Å². The van der Waals surface area contributed by atoms with Gasteiger partial charge in [-0.2, -0.15) is 0 Å². The lowest BCUT2D eigenvalue weighted by atomic mass is 10.1. The topological polar surface area (TPSA) is 18.5 Å². The van der Waals surface area contributed by atoms with Gasteiger partial charge in [-0.15, -0.1) is 11.6 Å². The van der Waals surface area contributed by atoms with E-state index in [0.29, 0.717) is 5.88 Å². The van der Waals surface area contributed by atoms with Gasteiger partial charge in [0.05, 0.1) is 5.88 Å². The van der Waals surface area contributed by atoms with E-state index in [9.17, 15) is 0 Å². The molecule has 0 saturated heterocycles. The highest BCUT2D eigenvalue weighted by Gasteiger charge is 2.03. The van der Waals surface area contributed by atoms with Crippen molar-refractivity contribution in [2.45, 2.75) is 19.7 Å². The quantitative estimate of drug-likeness (QED) is 0.593. The number of alkyl halides is 1. The fraction of sp³-hybridized carbons (Fsp3) is 0.250. The zero-order chi connectivity index (χ0) is 13.7. The van der Waals surface area contributed by atoms with E-state index in [1.807, 2.05) is 56.3 Å². The molecule has 3 heteroatoms. The second-order valence-electron chi connectivity index (χ2n) is 4.46. The number of halogens is 1. The Kier molecular flexibility index (Phi) is 4.69. The van der Waals surface area contributed by atoms with Crippen molar-refractivity contribution in [2.75, 3.05) is 6.79 Å². The Bertz CT molecular complexity index is 535. The van der Waals surface area contributed by atoms with Gasteiger partial charge < -0.3 is 9.47 Å². The number of ether oxygens (including phenoxy) is 2. The molecule has 2 aromatic rings. The van der Waals surface area contributed by atoms with Crippen LogP contribution in [0.15, 0.2) is 42.5 Å². The van der Waals surface area contributed by atoms with Crippen LogP contribution in [-0.4, -0.2) is 6.79 Å². The molecular weight excluding hydrogens is 260 g/mol. The van der Waals surface area contributed by atoms with Crippen LogP contribution in [0.4, 0.5) is 0 Å². The average Bonchev–Trinajstić information content (AvgIpc) is 2.41. The lowest BCUT2D eigenvalue weighted by Gasteiger charge is -2.12. The summed E-state index contributed by atoms with van der Waals surface area (Å²) in [6.45, 7) is 4.24. The molecule has 19 heavy (non-hydrogen) atoms. The van der Waals surface area contributed by atoms with Crippen molar-refractivity contribution in [2.24, 2.45) is 0 Å². The molecule has 0 fully saturated rings. The van der Waals surface area contributed by atoms with E-state index in [1.165, 1.54) is 5.56 Å². The Hall–Kier alpha value is -1.67. The van der Waals surface area contributed by atoms with Gasteiger partial charge in [-0.25, -0.2) is 0 Å². The van der Waals surface area contributed by atoms with E-state index in [0.717, 1.165) is 22.6 Å². The number of rotatable bonds is 5. The van der Waals surface area contributed by atoms with Crippen molar-refractivity contribution >= 4 is 11.6 Å². The van der Waals surface area contributed by atoms with Crippen molar-refractivity contribution in [3.63, 3.8) is 0 Å². The van der Waals surface area contributed by atoms with Crippen LogP contribution in [0.1, 0.15) is 16.7 Å². The maximum Gasteiger partial charge on any atom is 0.230 e. The van der Waals surface area contributed by atoms with Gasteiger partial charge in [0.1, 0.15) is 11.5 Å². The number of hydrogen-bond donors (Lipinski definition) is 0. The van der Waals surface area contributed by atoms with Gasteiger partial charge in [0.25, 0.3) is 0 Å². The third kappa shape index (κ3) is 3.90. The SMILES string of the molecule is Cc1ccc(OCOc2cc(C)ccc2CCl)cc1. The van der Waals surface area contributed by atoms with Crippen LogP contribution < -0.4 is 9.47 Å². The highest BCUT2D eigenvalue weighted by molar-refractivity contribution is 6.17. The van der Waals surface area contributed by atoms with E-state index in [-0.39, 0.29) is 6.79 Å². The molecule has 0 bridgehead atoms. The molecule has 0 aliphatic heterocycles. The van der Waals surface area contributed by atoms with Crippen molar-refractivity contribution in [3.8, 4) is 11.5 Å². The highest BCUT2D eigenvalue weighted by Crippen LogP contribution is 2.22. The Labute approximate surface area is 118 Å². The summed E-state index contributed by atoms with van der Waals surface area (Å²) in [5.41, 5.74) is 3.32. The van der Waals surface area contributed by atoms with Gasteiger partial charge in [-0.1, -0.05) is 29.8 Å². The molecule has 0 aromatic heterocycles. The number of benzene rings is 2. The molecule has 0 aliphatic rings. The zero-order valence-electron chi connectivity index (χ0n) is 11.2. The minimum atomic E-state index is 0.177. The predicted molar refractivity (Wildman–Crippen MR) is 78.0 cm³/mol. The molecule has 2 aromatic carbocycles. The van der Waals surface area contributed by atoms with Crippen LogP contribution in [0.25, 0.3) is 0 Å².